The minimum absolute atomic E-state index is 0.0339. The SMILES string of the molecule is CCOc1cc2c(cc1OC)[C@@H](NC(=O)c1ccco1)CC2=O. The molecule has 1 amide bonds. The molecule has 23 heavy (non-hydrogen) atoms. The molecule has 6 nitrogen and oxygen atoms in total. The average Bonchev–Trinajstić information content (AvgIpc) is 3.17. The lowest BCUT2D eigenvalue weighted by atomic mass is 10.1. The Balaban J connectivity index is 1.90. The third kappa shape index (κ3) is 2.79. The van der Waals surface area contributed by atoms with Gasteiger partial charge in [-0.15, -0.1) is 0 Å². The minimum Gasteiger partial charge on any atom is -0.493 e. The molecule has 1 aliphatic carbocycles. The molecule has 120 valence electrons. The van der Waals surface area contributed by atoms with Gasteiger partial charge in [-0.25, -0.2) is 0 Å². The number of nitrogens with one attached hydrogen (secondary N) is 1. The molecule has 0 bridgehead atoms. The number of ketones is 1. The zero-order valence-corrected chi connectivity index (χ0v) is 12.9. The number of ether oxygens (including phenoxy) is 2. The smallest absolute Gasteiger partial charge is 0.287 e. The first-order valence-corrected chi connectivity index (χ1v) is 7.36. The first-order valence-electron chi connectivity index (χ1n) is 7.36. The van der Waals surface area contributed by atoms with Crippen LogP contribution in [0, 0.1) is 0 Å². The molecule has 0 unspecified atom stereocenters. The van der Waals surface area contributed by atoms with E-state index in [1.165, 1.54) is 13.4 Å². The summed E-state index contributed by atoms with van der Waals surface area (Å²) in [4.78, 5) is 24.4. The van der Waals surface area contributed by atoms with E-state index in [0.29, 0.717) is 23.7 Å². The largest absolute Gasteiger partial charge is 0.493 e. The van der Waals surface area contributed by atoms with Crippen LogP contribution in [-0.2, 0) is 0 Å². The molecule has 1 atom stereocenters. The Hall–Kier alpha value is -2.76. The highest BCUT2D eigenvalue weighted by atomic mass is 16.5. The van der Waals surface area contributed by atoms with E-state index in [0.717, 1.165) is 5.56 Å². The fraction of sp³-hybridized carbons (Fsp3) is 0.294. The fourth-order valence-electron chi connectivity index (χ4n) is 2.70. The molecule has 1 heterocycles. The second kappa shape index (κ2) is 6.16. The Bertz CT molecular complexity index is 736. The zero-order valence-electron chi connectivity index (χ0n) is 12.9. The molecule has 1 aromatic heterocycles. The Morgan fingerprint density at radius 2 is 2.22 bits per heavy atom. The molecular formula is C17H17NO5. The van der Waals surface area contributed by atoms with E-state index in [-0.39, 0.29) is 23.9 Å². The van der Waals surface area contributed by atoms with Gasteiger partial charge in [-0.1, -0.05) is 0 Å². The molecule has 3 rings (SSSR count). The number of hydrogen-bond acceptors (Lipinski definition) is 5. The summed E-state index contributed by atoms with van der Waals surface area (Å²) in [5, 5.41) is 2.82. The number of amides is 1. The second-order valence-electron chi connectivity index (χ2n) is 5.15. The summed E-state index contributed by atoms with van der Waals surface area (Å²) < 4.78 is 15.9. The van der Waals surface area contributed by atoms with Gasteiger partial charge < -0.3 is 19.2 Å². The molecule has 0 spiro atoms. The van der Waals surface area contributed by atoms with Crippen molar-refractivity contribution in [3.05, 3.63) is 47.4 Å². The molecule has 0 aliphatic heterocycles. The third-order valence-corrected chi connectivity index (χ3v) is 3.75. The maximum atomic E-state index is 12.2. The van der Waals surface area contributed by atoms with Crippen LogP contribution in [0.4, 0.5) is 0 Å². The van der Waals surface area contributed by atoms with Crippen molar-refractivity contribution in [1.82, 2.24) is 5.32 Å². The van der Waals surface area contributed by atoms with Crippen LogP contribution in [-0.4, -0.2) is 25.4 Å². The number of fused-ring (bicyclic) bond motifs is 1. The van der Waals surface area contributed by atoms with Crippen LogP contribution in [0.5, 0.6) is 11.5 Å². The highest BCUT2D eigenvalue weighted by molar-refractivity contribution is 6.03. The Morgan fingerprint density at radius 1 is 1.39 bits per heavy atom. The van der Waals surface area contributed by atoms with Gasteiger partial charge in [0.15, 0.2) is 23.0 Å². The van der Waals surface area contributed by atoms with Crippen molar-refractivity contribution in [3.8, 4) is 11.5 Å². The Labute approximate surface area is 133 Å². The van der Waals surface area contributed by atoms with Gasteiger partial charge in [-0.05, 0) is 36.8 Å². The van der Waals surface area contributed by atoms with Crippen LogP contribution in [0.15, 0.2) is 34.9 Å². The fourth-order valence-corrected chi connectivity index (χ4v) is 2.70. The monoisotopic (exact) mass is 315 g/mol. The van der Waals surface area contributed by atoms with E-state index >= 15 is 0 Å². The lowest BCUT2D eigenvalue weighted by molar-refractivity contribution is 0.0900. The molecule has 0 fully saturated rings. The maximum Gasteiger partial charge on any atom is 0.287 e. The van der Waals surface area contributed by atoms with Crippen molar-refractivity contribution in [2.75, 3.05) is 13.7 Å². The van der Waals surface area contributed by atoms with Gasteiger partial charge in [0.25, 0.3) is 5.91 Å². The van der Waals surface area contributed by atoms with Crippen LogP contribution in [0.2, 0.25) is 0 Å². The number of furan rings is 1. The predicted molar refractivity (Wildman–Crippen MR) is 82.0 cm³/mol. The normalized spacial score (nSPS) is 16.1. The summed E-state index contributed by atoms with van der Waals surface area (Å²) in [5.74, 6) is 0.892. The van der Waals surface area contributed by atoms with Gasteiger partial charge >= 0.3 is 0 Å². The van der Waals surface area contributed by atoms with Crippen molar-refractivity contribution in [2.45, 2.75) is 19.4 Å². The number of rotatable bonds is 5. The van der Waals surface area contributed by atoms with Crippen LogP contribution < -0.4 is 14.8 Å². The van der Waals surface area contributed by atoms with Crippen LogP contribution in [0.1, 0.15) is 45.9 Å². The number of hydrogen-bond donors (Lipinski definition) is 1. The second-order valence-corrected chi connectivity index (χ2v) is 5.15. The van der Waals surface area contributed by atoms with Crippen molar-refractivity contribution >= 4 is 11.7 Å². The summed E-state index contributed by atoms with van der Waals surface area (Å²) in [6, 6.07) is 6.24. The Kier molecular flexibility index (Phi) is 4.06. The van der Waals surface area contributed by atoms with Crippen LogP contribution in [0.25, 0.3) is 0 Å². The highest BCUT2D eigenvalue weighted by Gasteiger charge is 2.32. The standard InChI is InChI=1S/C17H17NO5/c1-3-22-16-8-11-10(7-15(16)21-2)12(9-13(11)19)18-17(20)14-5-4-6-23-14/h4-8,12H,3,9H2,1-2H3,(H,18,20)/t12-/m0/s1. The number of Topliss-reactive ketones (excluding diaryl/α,β-unsaturated/α-hetero) is 1. The molecule has 1 N–H and O–H groups in total. The number of carbonyl (C=O) groups excluding carboxylic acids is 2. The molecule has 2 aromatic rings. The summed E-state index contributed by atoms with van der Waals surface area (Å²) >= 11 is 0. The van der Waals surface area contributed by atoms with E-state index in [1.54, 1.807) is 24.3 Å². The number of carbonyl (C=O) groups is 2. The maximum absolute atomic E-state index is 12.2. The minimum atomic E-state index is -0.403. The van der Waals surface area contributed by atoms with Gasteiger partial charge in [0.05, 0.1) is 26.0 Å². The van der Waals surface area contributed by atoms with Gasteiger partial charge in [0.2, 0.25) is 0 Å². The van der Waals surface area contributed by atoms with Gasteiger partial charge in [0, 0.05) is 12.0 Å². The number of methoxy groups -OCH3 is 1. The lowest BCUT2D eigenvalue weighted by Gasteiger charge is -2.15. The Morgan fingerprint density at radius 3 is 2.87 bits per heavy atom. The zero-order chi connectivity index (χ0) is 16.4. The summed E-state index contributed by atoms with van der Waals surface area (Å²) in [7, 11) is 1.54. The van der Waals surface area contributed by atoms with Crippen molar-refractivity contribution in [1.29, 1.82) is 0 Å². The molecular weight excluding hydrogens is 298 g/mol. The third-order valence-electron chi connectivity index (χ3n) is 3.75. The van der Waals surface area contributed by atoms with E-state index in [4.69, 9.17) is 13.9 Å². The first-order chi connectivity index (χ1) is 11.1. The molecule has 0 saturated carbocycles. The topological polar surface area (TPSA) is 77.8 Å². The molecule has 0 saturated heterocycles. The molecule has 0 radical (unpaired) electrons. The molecule has 6 heteroatoms. The van der Waals surface area contributed by atoms with E-state index in [2.05, 4.69) is 5.32 Å². The van der Waals surface area contributed by atoms with E-state index in [1.807, 2.05) is 6.92 Å². The molecule has 1 aliphatic rings. The predicted octanol–water partition coefficient (Wildman–Crippen LogP) is 2.74. The summed E-state index contributed by atoms with van der Waals surface area (Å²) in [6.07, 6.45) is 1.64. The summed E-state index contributed by atoms with van der Waals surface area (Å²) in [6.45, 7) is 2.34. The molecule has 1 aromatic carbocycles. The van der Waals surface area contributed by atoms with Crippen molar-refractivity contribution < 1.29 is 23.5 Å². The van der Waals surface area contributed by atoms with E-state index in [9.17, 15) is 9.59 Å². The van der Waals surface area contributed by atoms with Crippen molar-refractivity contribution in [3.63, 3.8) is 0 Å². The van der Waals surface area contributed by atoms with Gasteiger partial charge in [-0.2, -0.15) is 0 Å². The van der Waals surface area contributed by atoms with Crippen LogP contribution in [0.3, 0.4) is 0 Å². The number of benzene rings is 1. The highest BCUT2D eigenvalue weighted by Crippen LogP contribution is 2.39. The van der Waals surface area contributed by atoms with Crippen molar-refractivity contribution in [2.24, 2.45) is 0 Å². The van der Waals surface area contributed by atoms with E-state index < -0.39 is 6.04 Å². The van der Waals surface area contributed by atoms with Gasteiger partial charge in [-0.3, -0.25) is 9.59 Å². The average molecular weight is 315 g/mol. The summed E-state index contributed by atoms with van der Waals surface area (Å²) in [5.41, 5.74) is 1.29. The lowest BCUT2D eigenvalue weighted by Crippen LogP contribution is -2.27. The quantitative estimate of drug-likeness (QED) is 0.918. The van der Waals surface area contributed by atoms with Gasteiger partial charge in [0.1, 0.15) is 0 Å². The van der Waals surface area contributed by atoms with Crippen LogP contribution >= 0.6 is 0 Å². The first kappa shape index (κ1) is 15.1.